The molecule has 1 fully saturated rings. The molecule has 1 saturated heterocycles. The third-order valence-corrected chi connectivity index (χ3v) is 3.17. The van der Waals surface area contributed by atoms with Crippen LogP contribution in [-0.2, 0) is 4.74 Å². The minimum atomic E-state index is -1.04. The lowest BCUT2D eigenvalue weighted by molar-refractivity contribution is 0.0697. The number of aromatic carboxylic acids is 1. The van der Waals surface area contributed by atoms with E-state index in [2.05, 4.69) is 4.98 Å². The first-order valence-electron chi connectivity index (χ1n) is 5.28. The van der Waals surface area contributed by atoms with Gasteiger partial charge in [0.15, 0.2) is 0 Å². The molecular formula is C11H13ClN2O3. The Bertz CT molecular complexity index is 439. The molecule has 0 spiro atoms. The molecule has 17 heavy (non-hydrogen) atoms. The van der Waals surface area contributed by atoms with Gasteiger partial charge in [-0.1, -0.05) is 11.6 Å². The van der Waals surface area contributed by atoms with Gasteiger partial charge in [0, 0.05) is 26.4 Å². The van der Waals surface area contributed by atoms with Crippen molar-refractivity contribution in [2.45, 2.75) is 12.5 Å². The average Bonchev–Trinajstić information content (AvgIpc) is 2.78. The van der Waals surface area contributed by atoms with E-state index < -0.39 is 5.97 Å². The zero-order valence-corrected chi connectivity index (χ0v) is 10.1. The number of anilines is 1. The van der Waals surface area contributed by atoms with Gasteiger partial charge in [-0.25, -0.2) is 9.78 Å². The van der Waals surface area contributed by atoms with E-state index in [0.29, 0.717) is 5.82 Å². The SMILES string of the molecule is COC1CCN(c2cc(C(=O)O)c(Cl)cn2)C1. The summed E-state index contributed by atoms with van der Waals surface area (Å²) in [5.41, 5.74) is 0.0810. The quantitative estimate of drug-likeness (QED) is 0.891. The number of hydrogen-bond acceptors (Lipinski definition) is 4. The van der Waals surface area contributed by atoms with E-state index in [1.165, 1.54) is 12.3 Å². The minimum Gasteiger partial charge on any atom is -0.478 e. The van der Waals surface area contributed by atoms with E-state index in [-0.39, 0.29) is 16.7 Å². The predicted octanol–water partition coefficient (Wildman–Crippen LogP) is 1.66. The molecule has 5 nitrogen and oxygen atoms in total. The van der Waals surface area contributed by atoms with Crippen molar-refractivity contribution >= 4 is 23.4 Å². The fourth-order valence-electron chi connectivity index (χ4n) is 1.89. The van der Waals surface area contributed by atoms with Gasteiger partial charge in [0.25, 0.3) is 0 Å². The van der Waals surface area contributed by atoms with Gasteiger partial charge in [0.1, 0.15) is 5.82 Å². The van der Waals surface area contributed by atoms with Gasteiger partial charge in [-0.05, 0) is 12.5 Å². The molecule has 0 bridgehead atoms. The number of carboxylic acids is 1. The predicted molar refractivity (Wildman–Crippen MR) is 63.8 cm³/mol. The van der Waals surface area contributed by atoms with Crippen LogP contribution < -0.4 is 4.90 Å². The van der Waals surface area contributed by atoms with E-state index in [1.54, 1.807) is 7.11 Å². The van der Waals surface area contributed by atoms with E-state index in [1.807, 2.05) is 4.90 Å². The van der Waals surface area contributed by atoms with Crippen LogP contribution in [0.5, 0.6) is 0 Å². The van der Waals surface area contributed by atoms with Gasteiger partial charge in [0.05, 0.1) is 16.7 Å². The van der Waals surface area contributed by atoms with Crippen molar-refractivity contribution in [2.24, 2.45) is 0 Å². The fourth-order valence-corrected chi connectivity index (χ4v) is 2.08. The molecule has 0 amide bonds. The number of aromatic nitrogens is 1. The zero-order valence-electron chi connectivity index (χ0n) is 9.39. The number of pyridine rings is 1. The maximum atomic E-state index is 11.0. The van der Waals surface area contributed by atoms with Gasteiger partial charge >= 0.3 is 5.97 Å². The molecule has 0 radical (unpaired) electrons. The number of hydrogen-bond donors (Lipinski definition) is 1. The Morgan fingerprint density at radius 1 is 1.71 bits per heavy atom. The minimum absolute atomic E-state index is 0.0810. The number of nitrogens with zero attached hydrogens (tertiary/aromatic N) is 2. The summed E-state index contributed by atoms with van der Waals surface area (Å²) in [4.78, 5) is 17.1. The number of halogens is 1. The Hall–Kier alpha value is -1.33. The van der Waals surface area contributed by atoms with Gasteiger partial charge in [-0.2, -0.15) is 0 Å². The third-order valence-electron chi connectivity index (χ3n) is 2.87. The van der Waals surface area contributed by atoms with Crippen LogP contribution in [0.4, 0.5) is 5.82 Å². The van der Waals surface area contributed by atoms with E-state index >= 15 is 0 Å². The molecule has 1 N–H and O–H groups in total. The van der Waals surface area contributed by atoms with Crippen LogP contribution >= 0.6 is 11.6 Å². The molecule has 1 unspecified atom stereocenters. The lowest BCUT2D eigenvalue weighted by atomic mass is 10.2. The highest BCUT2D eigenvalue weighted by Crippen LogP contribution is 2.24. The molecule has 2 rings (SSSR count). The summed E-state index contributed by atoms with van der Waals surface area (Å²) in [6, 6.07) is 1.50. The normalized spacial score (nSPS) is 19.6. The first-order valence-corrected chi connectivity index (χ1v) is 5.66. The summed E-state index contributed by atoms with van der Waals surface area (Å²) >= 11 is 5.77. The fraction of sp³-hybridized carbons (Fsp3) is 0.455. The molecule has 0 aliphatic carbocycles. The standard InChI is InChI=1S/C11H13ClN2O3/c1-17-7-2-3-14(6-7)10-4-8(11(15)16)9(12)5-13-10/h4-5,7H,2-3,6H2,1H3,(H,15,16). The highest BCUT2D eigenvalue weighted by molar-refractivity contribution is 6.33. The monoisotopic (exact) mass is 256 g/mol. The molecule has 2 heterocycles. The summed E-state index contributed by atoms with van der Waals surface area (Å²) < 4.78 is 5.25. The van der Waals surface area contributed by atoms with E-state index in [0.717, 1.165) is 19.5 Å². The van der Waals surface area contributed by atoms with Crippen LogP contribution in [0.25, 0.3) is 0 Å². The number of ether oxygens (including phenoxy) is 1. The first kappa shape index (κ1) is 12.1. The lowest BCUT2D eigenvalue weighted by Gasteiger charge is -2.17. The summed E-state index contributed by atoms with van der Waals surface area (Å²) in [6.45, 7) is 1.54. The van der Waals surface area contributed by atoms with Crippen LogP contribution in [-0.4, -0.2) is 42.4 Å². The number of rotatable bonds is 3. The summed E-state index contributed by atoms with van der Waals surface area (Å²) in [7, 11) is 1.67. The molecule has 1 aliphatic rings. The number of methoxy groups -OCH3 is 1. The molecule has 92 valence electrons. The maximum absolute atomic E-state index is 11.0. The maximum Gasteiger partial charge on any atom is 0.337 e. The van der Waals surface area contributed by atoms with Crippen molar-refractivity contribution in [1.82, 2.24) is 4.98 Å². The first-order chi connectivity index (χ1) is 8.11. The Morgan fingerprint density at radius 2 is 2.47 bits per heavy atom. The van der Waals surface area contributed by atoms with Crippen molar-refractivity contribution in [2.75, 3.05) is 25.1 Å². The van der Waals surface area contributed by atoms with E-state index in [4.69, 9.17) is 21.4 Å². The van der Waals surface area contributed by atoms with Crippen molar-refractivity contribution in [3.8, 4) is 0 Å². The molecule has 1 aromatic heterocycles. The van der Waals surface area contributed by atoms with Crippen molar-refractivity contribution in [1.29, 1.82) is 0 Å². The Morgan fingerprint density at radius 3 is 3.06 bits per heavy atom. The summed E-state index contributed by atoms with van der Waals surface area (Å²) in [6.07, 6.45) is 2.48. The Kier molecular flexibility index (Phi) is 3.49. The molecule has 1 aromatic rings. The number of carboxylic acid groups (broad SMARTS) is 1. The molecule has 0 saturated carbocycles. The third kappa shape index (κ3) is 2.50. The second-order valence-electron chi connectivity index (χ2n) is 3.92. The lowest BCUT2D eigenvalue weighted by Crippen LogP contribution is -2.23. The van der Waals surface area contributed by atoms with Crippen LogP contribution in [0.15, 0.2) is 12.3 Å². The highest BCUT2D eigenvalue weighted by Gasteiger charge is 2.24. The topological polar surface area (TPSA) is 62.7 Å². The van der Waals surface area contributed by atoms with Crippen molar-refractivity contribution in [3.63, 3.8) is 0 Å². The molecular weight excluding hydrogens is 244 g/mol. The highest BCUT2D eigenvalue weighted by atomic mass is 35.5. The van der Waals surface area contributed by atoms with Gasteiger partial charge in [-0.3, -0.25) is 0 Å². The van der Waals surface area contributed by atoms with Gasteiger partial charge in [-0.15, -0.1) is 0 Å². The molecule has 0 aromatic carbocycles. The largest absolute Gasteiger partial charge is 0.478 e. The second kappa shape index (κ2) is 4.89. The summed E-state index contributed by atoms with van der Waals surface area (Å²) in [5.74, 6) is -0.410. The molecule has 1 atom stereocenters. The van der Waals surface area contributed by atoms with E-state index in [9.17, 15) is 4.79 Å². The molecule has 6 heteroatoms. The van der Waals surface area contributed by atoms with Crippen LogP contribution in [0.3, 0.4) is 0 Å². The second-order valence-corrected chi connectivity index (χ2v) is 4.33. The van der Waals surface area contributed by atoms with Gasteiger partial charge in [0.2, 0.25) is 0 Å². The Balaban J connectivity index is 2.22. The van der Waals surface area contributed by atoms with Crippen LogP contribution in [0.2, 0.25) is 5.02 Å². The van der Waals surface area contributed by atoms with Gasteiger partial charge < -0.3 is 14.7 Å². The smallest absolute Gasteiger partial charge is 0.337 e. The summed E-state index contributed by atoms with van der Waals surface area (Å²) in [5, 5.41) is 9.13. The van der Waals surface area contributed by atoms with Crippen molar-refractivity contribution in [3.05, 3.63) is 22.8 Å². The number of carbonyl (C=O) groups is 1. The van der Waals surface area contributed by atoms with Crippen molar-refractivity contribution < 1.29 is 14.6 Å². The zero-order chi connectivity index (χ0) is 12.4. The molecule has 1 aliphatic heterocycles. The van der Waals surface area contributed by atoms with Crippen LogP contribution in [0, 0.1) is 0 Å². The Labute approximate surface area is 104 Å². The van der Waals surface area contributed by atoms with Crippen LogP contribution in [0.1, 0.15) is 16.8 Å². The average molecular weight is 257 g/mol.